The van der Waals surface area contributed by atoms with Crippen LogP contribution in [0.3, 0.4) is 0 Å². The summed E-state index contributed by atoms with van der Waals surface area (Å²) in [7, 11) is 0. The van der Waals surface area contributed by atoms with Crippen molar-refractivity contribution in [3.63, 3.8) is 0 Å². The molecular weight excluding hydrogens is 202 g/mol. The van der Waals surface area contributed by atoms with Gasteiger partial charge in [-0.2, -0.15) is 0 Å². The van der Waals surface area contributed by atoms with Gasteiger partial charge in [-0.05, 0) is 5.92 Å². The van der Waals surface area contributed by atoms with Gasteiger partial charge < -0.3 is 5.32 Å². The number of nitrogens with zero attached hydrogens (tertiary/aromatic N) is 2. The molecule has 1 N–H and O–H groups in total. The molecule has 1 amide bonds. The number of carbonyl (C=O) groups excluding carboxylic acids is 1. The second-order valence-electron chi connectivity index (χ2n) is 3.37. The fourth-order valence-electron chi connectivity index (χ4n) is 0.967. The minimum absolute atomic E-state index is 0.0604. The number of hydrogen-bond donors (Lipinski definition) is 1. The van der Waals surface area contributed by atoms with Gasteiger partial charge in [0.2, 0.25) is 5.91 Å². The van der Waals surface area contributed by atoms with Gasteiger partial charge in [0.1, 0.15) is 17.3 Å². The molecule has 1 rings (SSSR count). The minimum Gasteiger partial charge on any atom is -0.311 e. The molecular formula is C9H12ClN3O. The van der Waals surface area contributed by atoms with Crippen LogP contribution in [0.4, 0.5) is 5.82 Å². The maximum atomic E-state index is 11.3. The molecule has 1 aromatic heterocycles. The number of amides is 1. The van der Waals surface area contributed by atoms with Crippen molar-refractivity contribution >= 4 is 23.3 Å². The molecule has 0 saturated carbocycles. The van der Waals surface area contributed by atoms with E-state index in [2.05, 4.69) is 15.3 Å². The van der Waals surface area contributed by atoms with Gasteiger partial charge in [0, 0.05) is 12.5 Å². The van der Waals surface area contributed by atoms with E-state index in [0.29, 0.717) is 23.3 Å². The molecule has 0 unspecified atom stereocenters. The summed E-state index contributed by atoms with van der Waals surface area (Å²) in [6.07, 6.45) is 1.79. The van der Waals surface area contributed by atoms with Crippen LogP contribution in [0.5, 0.6) is 0 Å². The molecule has 0 aromatic carbocycles. The Bertz CT molecular complexity index is 328. The number of hydrogen-bond acceptors (Lipinski definition) is 3. The Kier molecular flexibility index (Phi) is 3.83. The molecule has 0 radical (unpaired) electrons. The molecule has 5 heteroatoms. The van der Waals surface area contributed by atoms with Gasteiger partial charge in [0.25, 0.3) is 0 Å². The summed E-state index contributed by atoms with van der Waals surface area (Å²) in [6.45, 7) is 3.96. The van der Waals surface area contributed by atoms with E-state index >= 15 is 0 Å². The molecule has 0 bridgehead atoms. The van der Waals surface area contributed by atoms with E-state index in [0.717, 1.165) is 0 Å². The average molecular weight is 214 g/mol. The summed E-state index contributed by atoms with van der Waals surface area (Å²) in [5, 5.41) is 2.96. The maximum absolute atomic E-state index is 11.3. The Labute approximate surface area is 87.7 Å². The third kappa shape index (κ3) is 3.70. The number of rotatable bonds is 3. The van der Waals surface area contributed by atoms with E-state index in [1.807, 2.05) is 13.8 Å². The Morgan fingerprint density at radius 2 is 2.29 bits per heavy atom. The molecule has 76 valence electrons. The van der Waals surface area contributed by atoms with E-state index in [1.165, 1.54) is 12.4 Å². The van der Waals surface area contributed by atoms with Gasteiger partial charge in [0.05, 0.1) is 0 Å². The summed E-state index contributed by atoms with van der Waals surface area (Å²) in [5.41, 5.74) is 0. The van der Waals surface area contributed by atoms with Crippen molar-refractivity contribution in [2.45, 2.75) is 20.3 Å². The van der Waals surface area contributed by atoms with Crippen LogP contribution < -0.4 is 5.32 Å². The Balaban J connectivity index is 2.56. The summed E-state index contributed by atoms with van der Waals surface area (Å²) in [6, 6.07) is 1.51. The molecule has 0 atom stereocenters. The quantitative estimate of drug-likeness (QED) is 0.783. The first-order valence-corrected chi connectivity index (χ1v) is 4.73. The first-order valence-electron chi connectivity index (χ1n) is 4.35. The van der Waals surface area contributed by atoms with Crippen molar-refractivity contribution in [1.29, 1.82) is 0 Å². The van der Waals surface area contributed by atoms with Crippen molar-refractivity contribution in [2.24, 2.45) is 5.92 Å². The number of aromatic nitrogens is 2. The normalized spacial score (nSPS) is 10.3. The molecule has 4 nitrogen and oxygen atoms in total. The number of anilines is 1. The molecule has 14 heavy (non-hydrogen) atoms. The van der Waals surface area contributed by atoms with Crippen LogP contribution >= 0.6 is 11.6 Å². The largest absolute Gasteiger partial charge is 0.311 e. The molecule has 0 aliphatic heterocycles. The standard InChI is InChI=1S/C9H12ClN3O/c1-6(2)3-9(14)13-8-4-7(10)11-5-12-8/h4-6H,3H2,1-2H3,(H,11,12,13,14). The van der Waals surface area contributed by atoms with E-state index in [1.54, 1.807) is 0 Å². The molecule has 0 spiro atoms. The Hall–Kier alpha value is -1.16. The SMILES string of the molecule is CC(C)CC(=O)Nc1cc(Cl)ncn1. The number of nitrogens with one attached hydrogen (secondary N) is 1. The van der Waals surface area contributed by atoms with Crippen LogP contribution in [0, 0.1) is 5.92 Å². The lowest BCUT2D eigenvalue weighted by atomic mass is 10.1. The molecule has 0 aliphatic rings. The first kappa shape index (κ1) is 10.9. The van der Waals surface area contributed by atoms with E-state index in [4.69, 9.17) is 11.6 Å². The number of carbonyl (C=O) groups is 1. The van der Waals surface area contributed by atoms with E-state index in [9.17, 15) is 4.79 Å². The zero-order valence-corrected chi connectivity index (χ0v) is 8.88. The van der Waals surface area contributed by atoms with Crippen molar-refractivity contribution in [1.82, 2.24) is 9.97 Å². The van der Waals surface area contributed by atoms with E-state index < -0.39 is 0 Å². The predicted octanol–water partition coefficient (Wildman–Crippen LogP) is 2.11. The summed E-state index contributed by atoms with van der Waals surface area (Å²) in [4.78, 5) is 18.9. The molecule has 0 saturated heterocycles. The van der Waals surface area contributed by atoms with Crippen molar-refractivity contribution in [3.05, 3.63) is 17.5 Å². The van der Waals surface area contributed by atoms with Crippen LogP contribution in [-0.4, -0.2) is 15.9 Å². The highest BCUT2D eigenvalue weighted by Gasteiger charge is 2.05. The topological polar surface area (TPSA) is 54.9 Å². The van der Waals surface area contributed by atoms with Gasteiger partial charge in [0.15, 0.2) is 0 Å². The van der Waals surface area contributed by atoms with Gasteiger partial charge in [-0.3, -0.25) is 4.79 Å². The van der Waals surface area contributed by atoms with Crippen LogP contribution in [0.1, 0.15) is 20.3 Å². The number of halogens is 1. The average Bonchev–Trinajstić information content (AvgIpc) is 2.01. The van der Waals surface area contributed by atoms with Crippen LogP contribution in [-0.2, 0) is 4.79 Å². The van der Waals surface area contributed by atoms with Crippen molar-refractivity contribution in [3.8, 4) is 0 Å². The summed E-state index contributed by atoms with van der Waals surface area (Å²) < 4.78 is 0. The highest BCUT2D eigenvalue weighted by atomic mass is 35.5. The van der Waals surface area contributed by atoms with Crippen molar-refractivity contribution in [2.75, 3.05) is 5.32 Å². The zero-order chi connectivity index (χ0) is 10.6. The fraction of sp³-hybridized carbons (Fsp3) is 0.444. The van der Waals surface area contributed by atoms with Gasteiger partial charge >= 0.3 is 0 Å². The summed E-state index contributed by atoms with van der Waals surface area (Å²) >= 11 is 5.63. The lowest BCUT2D eigenvalue weighted by Crippen LogP contribution is -2.14. The van der Waals surface area contributed by atoms with Gasteiger partial charge in [-0.1, -0.05) is 25.4 Å². The summed E-state index contributed by atoms with van der Waals surface area (Å²) in [5.74, 6) is 0.706. The fourth-order valence-corrected chi connectivity index (χ4v) is 1.11. The monoisotopic (exact) mass is 213 g/mol. The highest BCUT2D eigenvalue weighted by Crippen LogP contribution is 2.09. The molecule has 1 heterocycles. The van der Waals surface area contributed by atoms with Gasteiger partial charge in [-0.15, -0.1) is 0 Å². The zero-order valence-electron chi connectivity index (χ0n) is 8.12. The molecule has 0 fully saturated rings. The lowest BCUT2D eigenvalue weighted by molar-refractivity contribution is -0.116. The van der Waals surface area contributed by atoms with Crippen molar-refractivity contribution < 1.29 is 4.79 Å². The van der Waals surface area contributed by atoms with Crippen LogP contribution in [0.25, 0.3) is 0 Å². The van der Waals surface area contributed by atoms with Crippen LogP contribution in [0.15, 0.2) is 12.4 Å². The minimum atomic E-state index is -0.0604. The lowest BCUT2D eigenvalue weighted by Gasteiger charge is -2.05. The van der Waals surface area contributed by atoms with Crippen LogP contribution in [0.2, 0.25) is 5.15 Å². The van der Waals surface area contributed by atoms with Gasteiger partial charge in [-0.25, -0.2) is 9.97 Å². The second kappa shape index (κ2) is 4.91. The molecule has 0 aliphatic carbocycles. The third-order valence-electron chi connectivity index (χ3n) is 1.49. The Morgan fingerprint density at radius 1 is 1.57 bits per heavy atom. The predicted molar refractivity (Wildman–Crippen MR) is 55.1 cm³/mol. The first-order chi connectivity index (χ1) is 6.58. The molecule has 1 aromatic rings. The highest BCUT2D eigenvalue weighted by molar-refractivity contribution is 6.29. The third-order valence-corrected chi connectivity index (χ3v) is 1.70. The van der Waals surface area contributed by atoms with E-state index in [-0.39, 0.29) is 5.91 Å². The smallest absolute Gasteiger partial charge is 0.225 e. The Morgan fingerprint density at radius 3 is 2.86 bits per heavy atom. The maximum Gasteiger partial charge on any atom is 0.225 e. The second-order valence-corrected chi connectivity index (χ2v) is 3.76.